The standard InChI is InChI=1S/C14H20ClNO/c1-9-7-11(12(15)8-10(9)2)13(16)14(3)5-4-6-17-14/h7-8,13H,4-6,16H2,1-3H3. The third-order valence-corrected chi connectivity index (χ3v) is 4.18. The Morgan fingerprint density at radius 2 is 2.00 bits per heavy atom. The van der Waals surface area contributed by atoms with Crippen LogP contribution in [0.2, 0.25) is 5.02 Å². The highest BCUT2D eigenvalue weighted by molar-refractivity contribution is 6.31. The molecule has 1 aromatic carbocycles. The lowest BCUT2D eigenvalue weighted by molar-refractivity contribution is -0.00172. The summed E-state index contributed by atoms with van der Waals surface area (Å²) in [6.07, 6.45) is 2.07. The Labute approximate surface area is 108 Å². The molecule has 1 aromatic rings. The fourth-order valence-corrected chi connectivity index (χ4v) is 2.75. The average Bonchev–Trinajstić information content (AvgIpc) is 2.71. The van der Waals surface area contributed by atoms with Crippen LogP contribution in [0.5, 0.6) is 0 Å². The Morgan fingerprint density at radius 3 is 2.59 bits per heavy atom. The van der Waals surface area contributed by atoms with Gasteiger partial charge in [0.25, 0.3) is 0 Å². The van der Waals surface area contributed by atoms with Crippen LogP contribution in [0.25, 0.3) is 0 Å². The van der Waals surface area contributed by atoms with Gasteiger partial charge in [0, 0.05) is 11.6 Å². The number of ether oxygens (including phenoxy) is 1. The van der Waals surface area contributed by atoms with E-state index in [9.17, 15) is 0 Å². The number of hydrogen-bond donors (Lipinski definition) is 1. The largest absolute Gasteiger partial charge is 0.373 e. The zero-order valence-electron chi connectivity index (χ0n) is 10.7. The fourth-order valence-electron chi connectivity index (χ4n) is 2.42. The van der Waals surface area contributed by atoms with Gasteiger partial charge in [-0.3, -0.25) is 0 Å². The Morgan fingerprint density at radius 1 is 1.35 bits per heavy atom. The van der Waals surface area contributed by atoms with Crippen molar-refractivity contribution in [2.24, 2.45) is 5.73 Å². The highest BCUT2D eigenvalue weighted by atomic mass is 35.5. The van der Waals surface area contributed by atoms with Crippen LogP contribution in [-0.2, 0) is 4.74 Å². The monoisotopic (exact) mass is 253 g/mol. The summed E-state index contributed by atoms with van der Waals surface area (Å²) >= 11 is 6.30. The van der Waals surface area contributed by atoms with Crippen molar-refractivity contribution in [3.05, 3.63) is 33.8 Å². The van der Waals surface area contributed by atoms with Gasteiger partial charge in [0.15, 0.2) is 0 Å². The van der Waals surface area contributed by atoms with Crippen molar-refractivity contribution in [1.29, 1.82) is 0 Å². The van der Waals surface area contributed by atoms with Crippen molar-refractivity contribution in [3.63, 3.8) is 0 Å². The van der Waals surface area contributed by atoms with Crippen LogP contribution >= 0.6 is 11.6 Å². The molecule has 2 N–H and O–H groups in total. The summed E-state index contributed by atoms with van der Waals surface area (Å²) in [7, 11) is 0. The van der Waals surface area contributed by atoms with Crippen LogP contribution in [0, 0.1) is 13.8 Å². The molecule has 1 heterocycles. The molecule has 2 atom stereocenters. The van der Waals surface area contributed by atoms with Crippen molar-refractivity contribution in [1.82, 2.24) is 0 Å². The van der Waals surface area contributed by atoms with E-state index in [0.717, 1.165) is 30.0 Å². The Kier molecular flexibility index (Phi) is 3.48. The minimum Gasteiger partial charge on any atom is -0.373 e. The molecule has 0 amide bonds. The molecule has 1 fully saturated rings. The Hall–Kier alpha value is -0.570. The topological polar surface area (TPSA) is 35.2 Å². The van der Waals surface area contributed by atoms with Crippen LogP contribution in [-0.4, -0.2) is 12.2 Å². The summed E-state index contributed by atoms with van der Waals surface area (Å²) in [4.78, 5) is 0. The maximum Gasteiger partial charge on any atom is 0.0847 e. The third-order valence-electron chi connectivity index (χ3n) is 3.86. The van der Waals surface area contributed by atoms with Gasteiger partial charge in [0.05, 0.1) is 11.6 Å². The molecule has 0 aliphatic carbocycles. The summed E-state index contributed by atoms with van der Waals surface area (Å²) < 4.78 is 5.80. The van der Waals surface area contributed by atoms with Crippen LogP contribution in [0.3, 0.4) is 0 Å². The number of nitrogens with two attached hydrogens (primary N) is 1. The number of hydrogen-bond acceptors (Lipinski definition) is 2. The second-order valence-electron chi connectivity index (χ2n) is 5.20. The van der Waals surface area contributed by atoms with Gasteiger partial charge in [-0.1, -0.05) is 17.7 Å². The van der Waals surface area contributed by atoms with E-state index >= 15 is 0 Å². The number of aryl methyl sites for hydroxylation is 2. The van der Waals surface area contributed by atoms with E-state index in [1.807, 2.05) is 6.07 Å². The minimum absolute atomic E-state index is 0.156. The molecule has 0 radical (unpaired) electrons. The van der Waals surface area contributed by atoms with Gasteiger partial charge >= 0.3 is 0 Å². The number of halogens is 1. The summed E-state index contributed by atoms with van der Waals surface area (Å²) in [6, 6.07) is 3.93. The lowest BCUT2D eigenvalue weighted by Crippen LogP contribution is -2.37. The lowest BCUT2D eigenvalue weighted by atomic mass is 9.87. The minimum atomic E-state index is -0.272. The van der Waals surface area contributed by atoms with Gasteiger partial charge in [0.1, 0.15) is 0 Å². The smallest absolute Gasteiger partial charge is 0.0847 e. The molecule has 94 valence electrons. The van der Waals surface area contributed by atoms with E-state index < -0.39 is 0 Å². The van der Waals surface area contributed by atoms with E-state index in [0.29, 0.717) is 0 Å². The van der Waals surface area contributed by atoms with Crippen molar-refractivity contribution in [3.8, 4) is 0 Å². The molecule has 1 aliphatic rings. The molecule has 2 unspecified atom stereocenters. The molecule has 0 aromatic heterocycles. The van der Waals surface area contributed by atoms with E-state index in [1.54, 1.807) is 0 Å². The zero-order chi connectivity index (χ0) is 12.6. The van der Waals surface area contributed by atoms with Gasteiger partial charge in [-0.05, 0) is 56.4 Å². The van der Waals surface area contributed by atoms with Crippen LogP contribution in [0.1, 0.15) is 42.5 Å². The number of benzene rings is 1. The predicted octanol–water partition coefficient (Wildman–Crippen LogP) is 3.53. The first-order valence-electron chi connectivity index (χ1n) is 6.10. The van der Waals surface area contributed by atoms with Gasteiger partial charge in [-0.15, -0.1) is 0 Å². The second kappa shape index (κ2) is 4.60. The second-order valence-corrected chi connectivity index (χ2v) is 5.61. The van der Waals surface area contributed by atoms with Crippen molar-refractivity contribution < 1.29 is 4.74 Å². The molecular weight excluding hydrogens is 234 g/mol. The first kappa shape index (κ1) is 12.9. The first-order chi connectivity index (χ1) is 7.94. The van der Waals surface area contributed by atoms with Crippen molar-refractivity contribution in [2.75, 3.05) is 6.61 Å². The molecule has 17 heavy (non-hydrogen) atoms. The molecule has 1 saturated heterocycles. The molecule has 0 saturated carbocycles. The van der Waals surface area contributed by atoms with Gasteiger partial charge in [-0.2, -0.15) is 0 Å². The van der Waals surface area contributed by atoms with E-state index in [-0.39, 0.29) is 11.6 Å². The maximum absolute atomic E-state index is 6.34. The molecule has 0 bridgehead atoms. The molecule has 2 nitrogen and oxygen atoms in total. The van der Waals surface area contributed by atoms with Crippen LogP contribution in [0.4, 0.5) is 0 Å². The Bertz CT molecular complexity index is 424. The summed E-state index contributed by atoms with van der Waals surface area (Å²) in [5.74, 6) is 0. The zero-order valence-corrected chi connectivity index (χ0v) is 11.5. The Balaban J connectivity index is 2.36. The van der Waals surface area contributed by atoms with Gasteiger partial charge in [0.2, 0.25) is 0 Å². The molecule has 2 rings (SSSR count). The lowest BCUT2D eigenvalue weighted by Gasteiger charge is -2.31. The van der Waals surface area contributed by atoms with Gasteiger partial charge in [-0.25, -0.2) is 0 Å². The predicted molar refractivity (Wildman–Crippen MR) is 71.4 cm³/mol. The summed E-state index contributed by atoms with van der Waals surface area (Å²) in [5, 5.41) is 0.748. The van der Waals surface area contributed by atoms with Crippen molar-refractivity contribution in [2.45, 2.75) is 45.3 Å². The first-order valence-corrected chi connectivity index (χ1v) is 6.48. The van der Waals surface area contributed by atoms with E-state index in [1.165, 1.54) is 11.1 Å². The number of rotatable bonds is 2. The SMILES string of the molecule is Cc1cc(Cl)c(C(N)C2(C)CCCO2)cc1C. The highest BCUT2D eigenvalue weighted by Crippen LogP contribution is 2.38. The fraction of sp³-hybridized carbons (Fsp3) is 0.571. The average molecular weight is 254 g/mol. The maximum atomic E-state index is 6.34. The normalized spacial score (nSPS) is 26.2. The molecular formula is C14H20ClNO. The van der Waals surface area contributed by atoms with Gasteiger partial charge < -0.3 is 10.5 Å². The van der Waals surface area contributed by atoms with E-state index in [2.05, 4.69) is 26.8 Å². The van der Waals surface area contributed by atoms with E-state index in [4.69, 9.17) is 22.1 Å². The summed E-state index contributed by atoms with van der Waals surface area (Å²) in [5.41, 5.74) is 9.49. The van der Waals surface area contributed by atoms with Crippen LogP contribution in [0.15, 0.2) is 12.1 Å². The molecule has 1 aliphatic heterocycles. The molecule has 0 spiro atoms. The summed E-state index contributed by atoms with van der Waals surface area (Å²) in [6.45, 7) is 7.02. The quantitative estimate of drug-likeness (QED) is 0.875. The molecule has 3 heteroatoms. The highest BCUT2D eigenvalue weighted by Gasteiger charge is 2.38. The third kappa shape index (κ3) is 2.35. The van der Waals surface area contributed by atoms with Crippen molar-refractivity contribution >= 4 is 11.6 Å². The van der Waals surface area contributed by atoms with Crippen LogP contribution < -0.4 is 5.73 Å².